The number of halogens is 1. The van der Waals surface area contributed by atoms with Crippen molar-refractivity contribution in [1.82, 2.24) is 5.32 Å². The van der Waals surface area contributed by atoms with E-state index >= 15 is 0 Å². The van der Waals surface area contributed by atoms with Gasteiger partial charge in [0.15, 0.2) is 0 Å². The molecule has 0 spiro atoms. The molecule has 2 N–H and O–H groups in total. The summed E-state index contributed by atoms with van der Waals surface area (Å²) in [5.74, 6) is 1.29. The maximum Gasteiger partial charge on any atom is 0.124 e. The van der Waals surface area contributed by atoms with Gasteiger partial charge < -0.3 is 15.2 Å². The summed E-state index contributed by atoms with van der Waals surface area (Å²) in [6.45, 7) is 1.66. The standard InChI is InChI=1S/C17H18BrNO2/c18-13-3-6-17-15(11-13)16(8-10-21-17)19-9-7-12-1-4-14(20)5-2-12/h1-6,11,16,19-20H,7-10H2. The van der Waals surface area contributed by atoms with E-state index in [1.54, 1.807) is 12.1 Å². The molecule has 2 aromatic rings. The van der Waals surface area contributed by atoms with Crippen molar-refractivity contribution in [3.05, 3.63) is 58.1 Å². The Morgan fingerprint density at radius 3 is 2.81 bits per heavy atom. The highest BCUT2D eigenvalue weighted by molar-refractivity contribution is 9.10. The van der Waals surface area contributed by atoms with E-state index in [9.17, 15) is 5.11 Å². The molecule has 0 aromatic heterocycles. The third-order valence-corrected chi connectivity index (χ3v) is 4.25. The lowest BCUT2D eigenvalue weighted by atomic mass is 10.0. The van der Waals surface area contributed by atoms with E-state index in [0.717, 1.165) is 36.2 Å². The van der Waals surface area contributed by atoms with Crippen molar-refractivity contribution in [2.75, 3.05) is 13.2 Å². The van der Waals surface area contributed by atoms with Gasteiger partial charge in [0.1, 0.15) is 11.5 Å². The summed E-state index contributed by atoms with van der Waals surface area (Å²) in [5, 5.41) is 12.9. The van der Waals surface area contributed by atoms with Crippen LogP contribution in [-0.2, 0) is 6.42 Å². The van der Waals surface area contributed by atoms with Crippen LogP contribution in [0.15, 0.2) is 46.9 Å². The predicted octanol–water partition coefficient (Wildman–Crippen LogP) is 3.81. The summed E-state index contributed by atoms with van der Waals surface area (Å²) in [7, 11) is 0. The number of phenolic OH excluding ortho intramolecular Hbond substituents is 1. The lowest BCUT2D eigenvalue weighted by molar-refractivity contribution is 0.253. The van der Waals surface area contributed by atoms with Gasteiger partial charge in [0.05, 0.1) is 6.61 Å². The van der Waals surface area contributed by atoms with Crippen molar-refractivity contribution >= 4 is 15.9 Å². The molecule has 2 aromatic carbocycles. The Morgan fingerprint density at radius 1 is 1.19 bits per heavy atom. The fourth-order valence-electron chi connectivity index (χ4n) is 2.63. The largest absolute Gasteiger partial charge is 0.508 e. The molecule has 0 radical (unpaired) electrons. The third-order valence-electron chi connectivity index (χ3n) is 3.75. The summed E-state index contributed by atoms with van der Waals surface area (Å²) in [5.41, 5.74) is 2.45. The number of aromatic hydroxyl groups is 1. The first-order chi connectivity index (χ1) is 10.2. The molecule has 0 fully saturated rings. The van der Waals surface area contributed by atoms with Crippen molar-refractivity contribution in [2.24, 2.45) is 0 Å². The molecule has 1 unspecified atom stereocenters. The monoisotopic (exact) mass is 347 g/mol. The van der Waals surface area contributed by atoms with Crippen LogP contribution in [0.4, 0.5) is 0 Å². The van der Waals surface area contributed by atoms with Crippen molar-refractivity contribution in [1.29, 1.82) is 0 Å². The molecule has 1 aliphatic rings. The Kier molecular flexibility index (Phi) is 4.46. The molecule has 4 heteroatoms. The topological polar surface area (TPSA) is 41.5 Å². The summed E-state index contributed by atoms with van der Waals surface area (Å²) < 4.78 is 6.78. The molecule has 3 nitrogen and oxygen atoms in total. The molecule has 1 heterocycles. The van der Waals surface area contributed by atoms with E-state index in [2.05, 4.69) is 27.3 Å². The highest BCUT2D eigenvalue weighted by Gasteiger charge is 2.20. The van der Waals surface area contributed by atoms with E-state index in [1.165, 1.54) is 11.1 Å². The average Bonchev–Trinajstić information content (AvgIpc) is 2.50. The summed E-state index contributed by atoms with van der Waals surface area (Å²) in [6.07, 6.45) is 1.93. The van der Waals surface area contributed by atoms with E-state index in [4.69, 9.17) is 4.74 Å². The molecule has 0 saturated carbocycles. The second kappa shape index (κ2) is 6.50. The van der Waals surface area contributed by atoms with Crippen LogP contribution in [0.1, 0.15) is 23.6 Å². The minimum absolute atomic E-state index is 0.315. The van der Waals surface area contributed by atoms with E-state index in [1.807, 2.05) is 24.3 Å². The lowest BCUT2D eigenvalue weighted by Gasteiger charge is -2.27. The smallest absolute Gasteiger partial charge is 0.124 e. The summed E-state index contributed by atoms with van der Waals surface area (Å²) in [6, 6.07) is 13.9. The number of ether oxygens (including phenoxy) is 1. The molecule has 110 valence electrons. The molecule has 21 heavy (non-hydrogen) atoms. The predicted molar refractivity (Wildman–Crippen MR) is 86.8 cm³/mol. The van der Waals surface area contributed by atoms with Crippen LogP contribution in [0, 0.1) is 0 Å². The number of rotatable bonds is 4. The number of benzene rings is 2. The van der Waals surface area contributed by atoms with Crippen LogP contribution in [0.2, 0.25) is 0 Å². The second-order valence-electron chi connectivity index (χ2n) is 5.24. The highest BCUT2D eigenvalue weighted by atomic mass is 79.9. The first kappa shape index (κ1) is 14.4. The van der Waals surface area contributed by atoms with Gasteiger partial charge in [0.25, 0.3) is 0 Å². The lowest BCUT2D eigenvalue weighted by Crippen LogP contribution is -2.28. The van der Waals surface area contributed by atoms with Gasteiger partial charge in [-0.1, -0.05) is 28.1 Å². The van der Waals surface area contributed by atoms with Gasteiger partial charge in [-0.15, -0.1) is 0 Å². The minimum Gasteiger partial charge on any atom is -0.508 e. The van der Waals surface area contributed by atoms with E-state index < -0.39 is 0 Å². The van der Waals surface area contributed by atoms with Gasteiger partial charge in [-0.05, 0) is 48.9 Å². The minimum atomic E-state index is 0.315. The Hall–Kier alpha value is -1.52. The number of hydrogen-bond acceptors (Lipinski definition) is 3. The van der Waals surface area contributed by atoms with Crippen LogP contribution in [0.5, 0.6) is 11.5 Å². The van der Waals surface area contributed by atoms with Crippen molar-refractivity contribution in [2.45, 2.75) is 18.9 Å². The van der Waals surface area contributed by atoms with E-state index in [0.29, 0.717) is 11.8 Å². The quantitative estimate of drug-likeness (QED) is 0.883. The number of nitrogens with one attached hydrogen (secondary N) is 1. The van der Waals surface area contributed by atoms with Gasteiger partial charge in [-0.25, -0.2) is 0 Å². The molecule has 3 rings (SSSR count). The Balaban J connectivity index is 1.61. The molecule has 0 amide bonds. The van der Waals surface area contributed by atoms with Gasteiger partial charge >= 0.3 is 0 Å². The number of phenols is 1. The fraction of sp³-hybridized carbons (Fsp3) is 0.294. The molecular weight excluding hydrogens is 330 g/mol. The maximum absolute atomic E-state index is 9.29. The molecule has 1 aliphatic heterocycles. The van der Waals surface area contributed by atoms with Gasteiger partial charge in [-0.3, -0.25) is 0 Å². The fourth-order valence-corrected chi connectivity index (χ4v) is 3.01. The van der Waals surface area contributed by atoms with Crippen molar-refractivity contribution in [3.63, 3.8) is 0 Å². The summed E-state index contributed by atoms with van der Waals surface area (Å²) >= 11 is 3.52. The zero-order valence-corrected chi connectivity index (χ0v) is 13.3. The average molecular weight is 348 g/mol. The normalized spacial score (nSPS) is 17.1. The van der Waals surface area contributed by atoms with Crippen LogP contribution in [-0.4, -0.2) is 18.3 Å². The SMILES string of the molecule is Oc1ccc(CCNC2CCOc3ccc(Br)cc32)cc1. The zero-order valence-electron chi connectivity index (χ0n) is 11.7. The molecule has 0 saturated heterocycles. The van der Waals surface area contributed by atoms with Crippen LogP contribution < -0.4 is 10.1 Å². The molecule has 0 bridgehead atoms. The van der Waals surface area contributed by atoms with Gasteiger partial charge in [0, 0.05) is 22.5 Å². The van der Waals surface area contributed by atoms with Crippen LogP contribution in [0.3, 0.4) is 0 Å². The third kappa shape index (κ3) is 3.57. The Morgan fingerprint density at radius 2 is 2.00 bits per heavy atom. The highest BCUT2D eigenvalue weighted by Crippen LogP contribution is 2.33. The zero-order chi connectivity index (χ0) is 14.7. The Labute approximate surface area is 133 Å². The summed E-state index contributed by atoms with van der Waals surface area (Å²) in [4.78, 5) is 0. The number of hydrogen-bond donors (Lipinski definition) is 2. The maximum atomic E-state index is 9.29. The first-order valence-electron chi connectivity index (χ1n) is 7.16. The molecule has 1 atom stereocenters. The number of fused-ring (bicyclic) bond motifs is 1. The Bertz CT molecular complexity index is 613. The second-order valence-corrected chi connectivity index (χ2v) is 6.16. The van der Waals surface area contributed by atoms with Gasteiger partial charge in [0.2, 0.25) is 0 Å². The van der Waals surface area contributed by atoms with E-state index in [-0.39, 0.29) is 0 Å². The molecule has 0 aliphatic carbocycles. The molecular formula is C17H18BrNO2. The van der Waals surface area contributed by atoms with Crippen LogP contribution in [0.25, 0.3) is 0 Å². The van der Waals surface area contributed by atoms with Crippen LogP contribution >= 0.6 is 15.9 Å². The van der Waals surface area contributed by atoms with Gasteiger partial charge in [-0.2, -0.15) is 0 Å². The van der Waals surface area contributed by atoms with Crippen molar-refractivity contribution in [3.8, 4) is 11.5 Å². The first-order valence-corrected chi connectivity index (χ1v) is 7.95. The van der Waals surface area contributed by atoms with Crippen molar-refractivity contribution < 1.29 is 9.84 Å².